The number of halogens is 2. The average molecular weight is 250 g/mol. The Morgan fingerprint density at radius 2 is 2.18 bits per heavy atom. The molecular formula is C11H20F2N2O2. The van der Waals surface area contributed by atoms with Crippen LogP contribution in [0.4, 0.5) is 13.6 Å². The van der Waals surface area contributed by atoms with E-state index in [1.54, 1.807) is 4.90 Å². The summed E-state index contributed by atoms with van der Waals surface area (Å²) in [4.78, 5) is 13.4. The summed E-state index contributed by atoms with van der Waals surface area (Å²) in [6.45, 7) is 6.28. The van der Waals surface area contributed by atoms with Gasteiger partial charge in [-0.2, -0.15) is 0 Å². The van der Waals surface area contributed by atoms with Gasteiger partial charge >= 0.3 is 6.09 Å². The van der Waals surface area contributed by atoms with E-state index in [1.807, 2.05) is 20.8 Å². The van der Waals surface area contributed by atoms with Gasteiger partial charge in [0.05, 0.1) is 0 Å². The molecule has 4 nitrogen and oxygen atoms in total. The number of carbonyl (C=O) groups excluding carboxylic acids is 1. The van der Waals surface area contributed by atoms with Gasteiger partial charge in [-0.15, -0.1) is 0 Å². The zero-order valence-corrected chi connectivity index (χ0v) is 10.5. The molecule has 0 bridgehead atoms. The van der Waals surface area contributed by atoms with E-state index in [0.29, 0.717) is 6.54 Å². The van der Waals surface area contributed by atoms with Crippen molar-refractivity contribution in [3.05, 3.63) is 0 Å². The molecular weight excluding hydrogens is 230 g/mol. The van der Waals surface area contributed by atoms with Gasteiger partial charge in [-0.25, -0.2) is 13.6 Å². The number of hydrogen-bond acceptors (Lipinski definition) is 3. The molecule has 0 aliphatic carbocycles. The molecule has 1 amide bonds. The SMILES string of the molecule is CC(C)(C)N(C(=O)OCC(F)F)[C@@H]1CCNC1. The van der Waals surface area contributed by atoms with Crippen LogP contribution in [0.25, 0.3) is 0 Å². The van der Waals surface area contributed by atoms with E-state index in [4.69, 9.17) is 0 Å². The van der Waals surface area contributed by atoms with Crippen molar-refractivity contribution in [3.63, 3.8) is 0 Å². The van der Waals surface area contributed by atoms with Crippen LogP contribution < -0.4 is 5.32 Å². The molecule has 1 heterocycles. The molecule has 100 valence electrons. The van der Waals surface area contributed by atoms with E-state index in [2.05, 4.69) is 10.1 Å². The Balaban J connectivity index is 2.65. The summed E-state index contributed by atoms with van der Waals surface area (Å²) in [7, 11) is 0. The van der Waals surface area contributed by atoms with Crippen molar-refractivity contribution in [2.24, 2.45) is 0 Å². The predicted octanol–water partition coefficient (Wildman–Crippen LogP) is 1.85. The molecule has 0 aromatic rings. The number of nitrogens with one attached hydrogen (secondary N) is 1. The molecule has 1 rings (SSSR count). The third kappa shape index (κ3) is 4.11. The summed E-state index contributed by atoms with van der Waals surface area (Å²) in [5.41, 5.74) is -0.435. The molecule has 1 fully saturated rings. The Hall–Kier alpha value is -0.910. The van der Waals surface area contributed by atoms with Crippen molar-refractivity contribution in [1.29, 1.82) is 0 Å². The maximum Gasteiger partial charge on any atom is 0.410 e. The summed E-state index contributed by atoms with van der Waals surface area (Å²) in [6.07, 6.45) is -2.46. The third-order valence-electron chi connectivity index (χ3n) is 2.65. The minimum Gasteiger partial charge on any atom is -0.443 e. The zero-order valence-electron chi connectivity index (χ0n) is 10.5. The molecule has 1 saturated heterocycles. The molecule has 1 atom stereocenters. The van der Waals surface area contributed by atoms with Crippen LogP contribution in [-0.4, -0.2) is 48.7 Å². The number of carbonyl (C=O) groups is 1. The van der Waals surface area contributed by atoms with Crippen LogP contribution in [0, 0.1) is 0 Å². The lowest BCUT2D eigenvalue weighted by Crippen LogP contribution is -2.52. The second-order valence-corrected chi connectivity index (χ2v) is 5.16. The second kappa shape index (κ2) is 5.62. The highest BCUT2D eigenvalue weighted by atomic mass is 19.3. The van der Waals surface area contributed by atoms with E-state index in [1.165, 1.54) is 0 Å². The molecule has 1 N–H and O–H groups in total. The first-order chi connectivity index (χ1) is 7.82. The third-order valence-corrected chi connectivity index (χ3v) is 2.65. The summed E-state index contributed by atoms with van der Waals surface area (Å²) in [6, 6.07) is 0.0140. The van der Waals surface area contributed by atoms with Crippen molar-refractivity contribution in [3.8, 4) is 0 Å². The topological polar surface area (TPSA) is 41.6 Å². The number of amides is 1. The number of nitrogens with zero attached hydrogens (tertiary/aromatic N) is 1. The lowest BCUT2D eigenvalue weighted by atomic mass is 10.0. The van der Waals surface area contributed by atoms with E-state index in [-0.39, 0.29) is 6.04 Å². The smallest absolute Gasteiger partial charge is 0.410 e. The van der Waals surface area contributed by atoms with Crippen LogP contribution in [0.15, 0.2) is 0 Å². The molecule has 1 aliphatic rings. The molecule has 0 aromatic carbocycles. The van der Waals surface area contributed by atoms with Gasteiger partial charge in [0.2, 0.25) is 0 Å². The molecule has 0 unspecified atom stereocenters. The maximum atomic E-state index is 12.0. The van der Waals surface area contributed by atoms with Gasteiger partial charge < -0.3 is 10.1 Å². The summed E-state index contributed by atoms with van der Waals surface area (Å²) < 4.78 is 28.7. The van der Waals surface area contributed by atoms with Gasteiger partial charge in [0.25, 0.3) is 6.43 Å². The molecule has 6 heteroatoms. The monoisotopic (exact) mass is 250 g/mol. The molecule has 17 heavy (non-hydrogen) atoms. The largest absolute Gasteiger partial charge is 0.443 e. The quantitative estimate of drug-likeness (QED) is 0.831. The number of rotatable bonds is 3. The van der Waals surface area contributed by atoms with Crippen molar-refractivity contribution in [2.45, 2.75) is 45.2 Å². The van der Waals surface area contributed by atoms with Gasteiger partial charge in [-0.05, 0) is 33.7 Å². The summed E-state index contributed by atoms with van der Waals surface area (Å²) >= 11 is 0. The van der Waals surface area contributed by atoms with Crippen molar-refractivity contribution < 1.29 is 18.3 Å². The van der Waals surface area contributed by atoms with Crippen molar-refractivity contribution >= 4 is 6.09 Å². The van der Waals surface area contributed by atoms with Crippen LogP contribution in [0.3, 0.4) is 0 Å². The molecule has 0 aromatic heterocycles. The van der Waals surface area contributed by atoms with Crippen LogP contribution >= 0.6 is 0 Å². The Morgan fingerprint density at radius 1 is 1.53 bits per heavy atom. The Bertz CT molecular complexity index is 261. The summed E-state index contributed by atoms with van der Waals surface area (Å²) in [5, 5.41) is 3.15. The Labute approximate surface area is 100 Å². The van der Waals surface area contributed by atoms with Crippen LogP contribution in [0.5, 0.6) is 0 Å². The minimum absolute atomic E-state index is 0.0140. The lowest BCUT2D eigenvalue weighted by Gasteiger charge is -2.39. The molecule has 0 spiro atoms. The van der Waals surface area contributed by atoms with Gasteiger partial charge in [0, 0.05) is 18.1 Å². The Kier molecular flexibility index (Phi) is 4.68. The van der Waals surface area contributed by atoms with Crippen LogP contribution in [0.1, 0.15) is 27.2 Å². The van der Waals surface area contributed by atoms with Crippen molar-refractivity contribution in [2.75, 3.05) is 19.7 Å². The first kappa shape index (κ1) is 14.2. The standard InChI is InChI=1S/C11H20F2N2O2/c1-11(2,3)15(8-4-5-14-6-8)10(16)17-7-9(12)13/h8-9,14H,4-7H2,1-3H3/t8-/m1/s1. The number of alkyl halides is 2. The fourth-order valence-electron chi connectivity index (χ4n) is 2.03. The van der Waals surface area contributed by atoms with Crippen LogP contribution in [0.2, 0.25) is 0 Å². The highest BCUT2D eigenvalue weighted by Crippen LogP contribution is 2.22. The van der Waals surface area contributed by atoms with Gasteiger partial charge in [0.15, 0.2) is 6.61 Å². The van der Waals surface area contributed by atoms with E-state index in [0.717, 1.165) is 13.0 Å². The number of ether oxygens (including phenoxy) is 1. The zero-order chi connectivity index (χ0) is 13.1. The van der Waals surface area contributed by atoms with E-state index >= 15 is 0 Å². The highest BCUT2D eigenvalue weighted by Gasteiger charge is 2.36. The lowest BCUT2D eigenvalue weighted by molar-refractivity contribution is 0.00776. The molecule has 0 radical (unpaired) electrons. The van der Waals surface area contributed by atoms with Gasteiger partial charge in [-0.3, -0.25) is 4.90 Å². The highest BCUT2D eigenvalue weighted by molar-refractivity contribution is 5.69. The normalized spacial score (nSPS) is 20.7. The fraction of sp³-hybridized carbons (Fsp3) is 0.909. The molecule has 1 aliphatic heterocycles. The minimum atomic E-state index is -2.62. The Morgan fingerprint density at radius 3 is 2.59 bits per heavy atom. The average Bonchev–Trinajstić information content (AvgIpc) is 2.65. The van der Waals surface area contributed by atoms with E-state index in [9.17, 15) is 13.6 Å². The maximum absolute atomic E-state index is 12.0. The molecule has 0 saturated carbocycles. The number of hydrogen-bond donors (Lipinski definition) is 1. The van der Waals surface area contributed by atoms with Gasteiger partial charge in [0.1, 0.15) is 0 Å². The second-order valence-electron chi connectivity index (χ2n) is 5.16. The van der Waals surface area contributed by atoms with Gasteiger partial charge in [-0.1, -0.05) is 0 Å². The summed E-state index contributed by atoms with van der Waals surface area (Å²) in [5.74, 6) is 0. The fourth-order valence-corrected chi connectivity index (χ4v) is 2.03. The first-order valence-electron chi connectivity index (χ1n) is 5.77. The van der Waals surface area contributed by atoms with E-state index < -0.39 is 24.7 Å². The predicted molar refractivity (Wildman–Crippen MR) is 60.2 cm³/mol. The first-order valence-corrected chi connectivity index (χ1v) is 5.77. The van der Waals surface area contributed by atoms with Crippen molar-refractivity contribution in [1.82, 2.24) is 10.2 Å². The van der Waals surface area contributed by atoms with Crippen LogP contribution in [-0.2, 0) is 4.74 Å².